The van der Waals surface area contributed by atoms with Gasteiger partial charge in [0, 0.05) is 18.7 Å². The topological polar surface area (TPSA) is 105 Å². The molecule has 0 aliphatic carbocycles. The second-order valence-corrected chi connectivity index (χ2v) is 5.73. The summed E-state index contributed by atoms with van der Waals surface area (Å²) in [5.41, 5.74) is 0.496. The van der Waals surface area contributed by atoms with Gasteiger partial charge in [0.25, 0.3) is 0 Å². The minimum absolute atomic E-state index is 0.192. The number of benzene rings is 1. The summed E-state index contributed by atoms with van der Waals surface area (Å²) in [6.07, 6.45) is -0.422. The van der Waals surface area contributed by atoms with E-state index < -0.39 is 24.1 Å². The lowest BCUT2D eigenvalue weighted by Gasteiger charge is -2.13. The number of carbonyl (C=O) groups is 3. The van der Waals surface area contributed by atoms with Crippen LogP contribution in [0.2, 0.25) is 0 Å². The Labute approximate surface area is 144 Å². The predicted octanol–water partition coefficient (Wildman–Crippen LogP) is 0.634. The summed E-state index contributed by atoms with van der Waals surface area (Å²) in [5, 5.41) is 12.1. The fraction of sp³-hybridized carbons (Fsp3) is 0.353. The van der Waals surface area contributed by atoms with Crippen LogP contribution in [0.25, 0.3) is 0 Å². The first-order chi connectivity index (χ1) is 12.0. The number of carboxylic acid groups (broad SMARTS) is 1. The van der Waals surface area contributed by atoms with E-state index in [4.69, 9.17) is 14.6 Å². The molecule has 0 aromatic heterocycles. The number of nitrogens with zero attached hydrogens (tertiary/aromatic N) is 1. The zero-order chi connectivity index (χ0) is 18.1. The number of methoxy groups -OCH3 is 2. The first-order valence-electron chi connectivity index (χ1n) is 7.75. The van der Waals surface area contributed by atoms with Crippen molar-refractivity contribution >= 4 is 17.7 Å². The van der Waals surface area contributed by atoms with Gasteiger partial charge in [-0.2, -0.15) is 0 Å². The molecule has 0 spiro atoms. The number of aliphatic carboxylic acids is 1. The Morgan fingerprint density at radius 1 is 1.28 bits per heavy atom. The Hall–Kier alpha value is -3.03. The molecule has 3 rings (SSSR count). The number of ketones is 1. The largest absolute Gasteiger partial charge is 0.493 e. The average Bonchev–Trinajstić information content (AvgIpc) is 3.16. The highest BCUT2D eigenvalue weighted by molar-refractivity contribution is 6.15. The first kappa shape index (κ1) is 16.8. The SMILES string of the molecule is COc1ccc(C(=O)C2=C3NCCN3C(=O)C2CC(=O)O)cc1OC. The van der Waals surface area contributed by atoms with Gasteiger partial charge in [0.1, 0.15) is 5.82 Å². The number of amides is 1. The van der Waals surface area contributed by atoms with E-state index in [1.165, 1.54) is 25.2 Å². The van der Waals surface area contributed by atoms with Crippen LogP contribution >= 0.6 is 0 Å². The number of hydrogen-bond donors (Lipinski definition) is 2. The van der Waals surface area contributed by atoms with Crippen LogP contribution in [-0.2, 0) is 9.59 Å². The van der Waals surface area contributed by atoms with Crippen molar-refractivity contribution in [3.05, 3.63) is 35.2 Å². The van der Waals surface area contributed by atoms with E-state index >= 15 is 0 Å². The summed E-state index contributed by atoms with van der Waals surface area (Å²) in [4.78, 5) is 38.1. The van der Waals surface area contributed by atoms with Gasteiger partial charge >= 0.3 is 5.97 Å². The van der Waals surface area contributed by atoms with Crippen LogP contribution in [-0.4, -0.2) is 55.0 Å². The van der Waals surface area contributed by atoms with Gasteiger partial charge in [0.2, 0.25) is 5.91 Å². The maximum atomic E-state index is 13.0. The van der Waals surface area contributed by atoms with Crippen LogP contribution in [0.5, 0.6) is 11.5 Å². The molecule has 8 heteroatoms. The average molecular weight is 346 g/mol. The Bertz CT molecular complexity index is 785. The quantitative estimate of drug-likeness (QED) is 0.728. The number of rotatable bonds is 6. The molecule has 2 aliphatic heterocycles. The molecule has 2 heterocycles. The van der Waals surface area contributed by atoms with Gasteiger partial charge in [-0.25, -0.2) is 0 Å². The van der Waals surface area contributed by atoms with Gasteiger partial charge in [0.15, 0.2) is 17.3 Å². The molecule has 1 aromatic rings. The molecule has 132 valence electrons. The summed E-state index contributed by atoms with van der Waals surface area (Å²) in [6.45, 7) is 0.955. The summed E-state index contributed by atoms with van der Waals surface area (Å²) in [7, 11) is 2.95. The second kappa shape index (κ2) is 6.46. The van der Waals surface area contributed by atoms with Gasteiger partial charge in [-0.05, 0) is 18.2 Å². The molecular weight excluding hydrogens is 328 g/mol. The number of fused-ring (bicyclic) bond motifs is 1. The van der Waals surface area contributed by atoms with E-state index in [0.29, 0.717) is 36.0 Å². The highest BCUT2D eigenvalue weighted by Gasteiger charge is 2.45. The van der Waals surface area contributed by atoms with Crippen LogP contribution < -0.4 is 14.8 Å². The maximum Gasteiger partial charge on any atom is 0.304 e. The van der Waals surface area contributed by atoms with E-state index in [1.54, 1.807) is 12.1 Å². The molecule has 1 aromatic carbocycles. The van der Waals surface area contributed by atoms with Crippen molar-refractivity contribution in [1.82, 2.24) is 10.2 Å². The zero-order valence-corrected chi connectivity index (χ0v) is 13.9. The third kappa shape index (κ3) is 2.79. The van der Waals surface area contributed by atoms with Gasteiger partial charge < -0.3 is 19.9 Å². The van der Waals surface area contributed by atoms with E-state index in [9.17, 15) is 14.4 Å². The van der Waals surface area contributed by atoms with Crippen molar-refractivity contribution < 1.29 is 29.0 Å². The van der Waals surface area contributed by atoms with Crippen molar-refractivity contribution in [2.24, 2.45) is 5.92 Å². The first-order valence-corrected chi connectivity index (χ1v) is 7.75. The predicted molar refractivity (Wildman–Crippen MR) is 86.4 cm³/mol. The lowest BCUT2D eigenvalue weighted by atomic mass is 9.90. The fourth-order valence-corrected chi connectivity index (χ4v) is 3.19. The summed E-state index contributed by atoms with van der Waals surface area (Å²) in [5.74, 6) is -1.59. The maximum absolute atomic E-state index is 13.0. The van der Waals surface area contributed by atoms with E-state index in [-0.39, 0.29) is 11.5 Å². The Morgan fingerprint density at radius 3 is 2.64 bits per heavy atom. The van der Waals surface area contributed by atoms with E-state index in [0.717, 1.165) is 0 Å². The highest BCUT2D eigenvalue weighted by Crippen LogP contribution is 2.36. The van der Waals surface area contributed by atoms with Crippen molar-refractivity contribution in [1.29, 1.82) is 0 Å². The minimum atomic E-state index is -1.13. The molecule has 1 saturated heterocycles. The lowest BCUT2D eigenvalue weighted by Crippen LogP contribution is -2.29. The molecule has 1 unspecified atom stereocenters. The number of carbonyl (C=O) groups excluding carboxylic acids is 2. The number of hydrogen-bond acceptors (Lipinski definition) is 6. The minimum Gasteiger partial charge on any atom is -0.493 e. The standard InChI is InChI=1S/C17H18N2O6/c1-24-11-4-3-9(7-12(11)25-2)15(22)14-10(8-13(20)21)17(23)19-6-5-18-16(14)19/h3-4,7,10,18H,5-6,8H2,1-2H3,(H,20,21). The van der Waals surface area contributed by atoms with Crippen molar-refractivity contribution in [3.63, 3.8) is 0 Å². The lowest BCUT2D eigenvalue weighted by molar-refractivity contribution is -0.141. The Balaban J connectivity index is 2.03. The fourth-order valence-electron chi connectivity index (χ4n) is 3.19. The molecular formula is C17H18N2O6. The summed E-state index contributed by atoms with van der Waals surface area (Å²) >= 11 is 0. The van der Waals surface area contributed by atoms with Gasteiger partial charge in [-0.15, -0.1) is 0 Å². The molecule has 2 N–H and O–H groups in total. The van der Waals surface area contributed by atoms with Gasteiger partial charge in [-0.3, -0.25) is 19.3 Å². The van der Waals surface area contributed by atoms with E-state index in [1.807, 2.05) is 0 Å². The monoisotopic (exact) mass is 346 g/mol. The number of ether oxygens (including phenoxy) is 2. The molecule has 8 nitrogen and oxygen atoms in total. The molecule has 1 atom stereocenters. The molecule has 0 bridgehead atoms. The molecule has 1 amide bonds. The molecule has 0 saturated carbocycles. The summed E-state index contributed by atoms with van der Waals surface area (Å²) in [6, 6.07) is 4.69. The van der Waals surface area contributed by atoms with Crippen molar-refractivity contribution in [2.45, 2.75) is 6.42 Å². The van der Waals surface area contributed by atoms with Crippen LogP contribution in [0.15, 0.2) is 29.6 Å². The molecule has 0 radical (unpaired) electrons. The van der Waals surface area contributed by atoms with Crippen molar-refractivity contribution in [2.75, 3.05) is 27.3 Å². The number of Topliss-reactive ketones (excluding diaryl/α,β-unsaturated/α-hetero) is 1. The summed E-state index contributed by atoms with van der Waals surface area (Å²) < 4.78 is 10.4. The number of carboxylic acids is 1. The van der Waals surface area contributed by atoms with E-state index in [2.05, 4.69) is 5.32 Å². The van der Waals surface area contributed by atoms with Gasteiger partial charge in [-0.1, -0.05) is 0 Å². The van der Waals surface area contributed by atoms with Crippen LogP contribution in [0, 0.1) is 5.92 Å². The van der Waals surface area contributed by atoms with Gasteiger partial charge in [0.05, 0.1) is 32.1 Å². The molecule has 25 heavy (non-hydrogen) atoms. The normalized spacial score (nSPS) is 18.9. The Morgan fingerprint density at radius 2 is 2.00 bits per heavy atom. The van der Waals surface area contributed by atoms with Crippen LogP contribution in [0.3, 0.4) is 0 Å². The third-order valence-corrected chi connectivity index (χ3v) is 4.33. The smallest absolute Gasteiger partial charge is 0.304 e. The van der Waals surface area contributed by atoms with Crippen molar-refractivity contribution in [3.8, 4) is 11.5 Å². The van der Waals surface area contributed by atoms with Crippen LogP contribution in [0.1, 0.15) is 16.8 Å². The molecule has 2 aliphatic rings. The third-order valence-electron chi connectivity index (χ3n) is 4.33. The van der Waals surface area contributed by atoms with Crippen LogP contribution in [0.4, 0.5) is 0 Å². The highest BCUT2D eigenvalue weighted by atomic mass is 16.5. The zero-order valence-electron chi connectivity index (χ0n) is 13.9. The molecule has 1 fully saturated rings. The Kier molecular flexibility index (Phi) is 4.35. The number of nitrogens with one attached hydrogen (secondary N) is 1. The second-order valence-electron chi connectivity index (χ2n) is 5.73.